The van der Waals surface area contributed by atoms with E-state index >= 15 is 0 Å². The average Bonchev–Trinajstić information content (AvgIpc) is 2.87. The van der Waals surface area contributed by atoms with Crippen LogP contribution in [-0.4, -0.2) is 48.0 Å². The Morgan fingerprint density at radius 2 is 1.70 bits per heavy atom. The Morgan fingerprint density at radius 3 is 2.20 bits per heavy atom. The van der Waals surface area contributed by atoms with Gasteiger partial charge in [-0.1, -0.05) is 6.07 Å². The maximum absolute atomic E-state index is 12.3. The molecule has 0 saturated carbocycles. The van der Waals surface area contributed by atoms with Gasteiger partial charge in [0.25, 0.3) is 0 Å². The number of carbonyl (C=O) groups excluding carboxylic acids is 1. The molecular formula is C23H33BN2O4. The minimum absolute atomic E-state index is 0.260. The maximum Gasteiger partial charge on any atom is 0.494 e. The van der Waals surface area contributed by atoms with Gasteiger partial charge in [-0.3, -0.25) is 0 Å². The van der Waals surface area contributed by atoms with Crippen LogP contribution in [0.5, 0.6) is 0 Å². The molecule has 30 heavy (non-hydrogen) atoms. The van der Waals surface area contributed by atoms with Crippen LogP contribution in [0.1, 0.15) is 78.4 Å². The molecule has 0 bridgehead atoms. The number of rotatable bonds is 2. The summed E-state index contributed by atoms with van der Waals surface area (Å²) in [6.07, 6.45) is 1.40. The molecule has 0 N–H and O–H groups in total. The van der Waals surface area contributed by atoms with E-state index in [4.69, 9.17) is 14.0 Å². The predicted octanol–water partition coefficient (Wildman–Crippen LogP) is 3.97. The molecule has 2 fully saturated rings. The lowest BCUT2D eigenvalue weighted by Crippen LogP contribution is -2.41. The molecule has 1 aromatic carbocycles. The first-order valence-electron chi connectivity index (χ1n) is 10.7. The summed E-state index contributed by atoms with van der Waals surface area (Å²) in [5.41, 5.74) is 1.22. The molecule has 2 heterocycles. The van der Waals surface area contributed by atoms with Gasteiger partial charge in [0.1, 0.15) is 5.60 Å². The van der Waals surface area contributed by atoms with Crippen molar-refractivity contribution in [3.8, 4) is 6.07 Å². The highest BCUT2D eigenvalue weighted by Gasteiger charge is 2.51. The SMILES string of the molecule is CC(C)(C)OC(=O)N1CCC(c2cc(C#N)cc(B3OC(C)(C)C(C)(C)O3)c2)CC1. The number of amides is 1. The fraction of sp³-hybridized carbons (Fsp3) is 0.652. The lowest BCUT2D eigenvalue weighted by Gasteiger charge is -2.33. The Labute approximate surface area is 180 Å². The quantitative estimate of drug-likeness (QED) is 0.688. The molecule has 0 unspecified atom stereocenters. The lowest BCUT2D eigenvalue weighted by atomic mass is 9.75. The third-order valence-electron chi connectivity index (χ3n) is 6.25. The number of hydrogen-bond acceptors (Lipinski definition) is 5. The van der Waals surface area contributed by atoms with Crippen molar-refractivity contribution in [2.45, 2.75) is 84.0 Å². The number of ether oxygens (including phenoxy) is 1. The summed E-state index contributed by atoms with van der Waals surface area (Å²) in [5, 5.41) is 9.55. The first-order chi connectivity index (χ1) is 13.8. The van der Waals surface area contributed by atoms with Gasteiger partial charge in [0, 0.05) is 13.1 Å². The van der Waals surface area contributed by atoms with Crippen molar-refractivity contribution in [1.29, 1.82) is 5.26 Å². The first kappa shape index (κ1) is 22.6. The summed E-state index contributed by atoms with van der Waals surface area (Å²) in [7, 11) is -0.496. The van der Waals surface area contributed by atoms with Crippen molar-refractivity contribution in [1.82, 2.24) is 4.90 Å². The lowest BCUT2D eigenvalue weighted by molar-refractivity contribution is 0.00578. The van der Waals surface area contributed by atoms with Crippen LogP contribution in [-0.2, 0) is 14.0 Å². The first-order valence-corrected chi connectivity index (χ1v) is 10.7. The van der Waals surface area contributed by atoms with Gasteiger partial charge in [-0.25, -0.2) is 4.79 Å². The van der Waals surface area contributed by atoms with Gasteiger partial charge in [-0.2, -0.15) is 5.26 Å². The monoisotopic (exact) mass is 412 g/mol. The van der Waals surface area contributed by atoms with E-state index in [1.165, 1.54) is 0 Å². The Hall–Kier alpha value is -2.04. The Bertz CT molecular complexity index is 830. The summed E-state index contributed by atoms with van der Waals surface area (Å²) in [5.74, 6) is 0.276. The highest BCUT2D eigenvalue weighted by molar-refractivity contribution is 6.62. The van der Waals surface area contributed by atoms with Crippen molar-refractivity contribution >= 4 is 18.7 Å². The Morgan fingerprint density at radius 1 is 1.13 bits per heavy atom. The molecule has 0 aromatic heterocycles. The molecule has 1 aromatic rings. The minimum Gasteiger partial charge on any atom is -0.444 e. The summed E-state index contributed by atoms with van der Waals surface area (Å²) in [6, 6.07) is 8.16. The minimum atomic E-state index is -0.496. The molecule has 0 spiro atoms. The maximum atomic E-state index is 12.3. The van der Waals surface area contributed by atoms with Gasteiger partial charge >= 0.3 is 13.2 Å². The second-order valence-electron chi connectivity index (χ2n) is 10.3. The fourth-order valence-corrected chi connectivity index (χ4v) is 3.81. The molecular weight excluding hydrogens is 379 g/mol. The van der Waals surface area contributed by atoms with E-state index in [9.17, 15) is 10.1 Å². The van der Waals surface area contributed by atoms with Crippen LogP contribution in [0.4, 0.5) is 4.79 Å². The molecule has 0 aliphatic carbocycles. The molecule has 3 rings (SSSR count). The molecule has 2 saturated heterocycles. The highest BCUT2D eigenvalue weighted by Crippen LogP contribution is 2.37. The number of piperidine rings is 1. The summed E-state index contributed by atoms with van der Waals surface area (Å²) < 4.78 is 17.9. The number of hydrogen-bond donors (Lipinski definition) is 0. The van der Waals surface area contributed by atoms with Crippen LogP contribution in [0.25, 0.3) is 0 Å². The van der Waals surface area contributed by atoms with Crippen molar-refractivity contribution in [2.24, 2.45) is 0 Å². The fourth-order valence-electron chi connectivity index (χ4n) is 3.81. The van der Waals surface area contributed by atoms with Crippen LogP contribution >= 0.6 is 0 Å². The number of carbonyl (C=O) groups is 1. The van der Waals surface area contributed by atoms with Crippen LogP contribution in [0, 0.1) is 11.3 Å². The van der Waals surface area contributed by atoms with E-state index in [0.717, 1.165) is 23.9 Å². The normalized spacial score (nSPS) is 21.4. The van der Waals surface area contributed by atoms with E-state index < -0.39 is 23.9 Å². The molecule has 6 nitrogen and oxygen atoms in total. The number of likely N-dealkylation sites (tertiary alicyclic amines) is 1. The highest BCUT2D eigenvalue weighted by atomic mass is 16.7. The Kier molecular flexibility index (Phi) is 5.96. The van der Waals surface area contributed by atoms with Crippen LogP contribution in [0.15, 0.2) is 18.2 Å². The van der Waals surface area contributed by atoms with Gasteiger partial charge in [-0.05, 0) is 90.4 Å². The molecule has 1 amide bonds. The second-order valence-corrected chi connectivity index (χ2v) is 10.3. The Balaban J connectivity index is 1.74. The van der Waals surface area contributed by atoms with E-state index in [-0.39, 0.29) is 12.0 Å². The number of nitriles is 1. The van der Waals surface area contributed by atoms with Crippen molar-refractivity contribution in [2.75, 3.05) is 13.1 Å². The largest absolute Gasteiger partial charge is 0.494 e. The van der Waals surface area contributed by atoms with Crippen LogP contribution in [0.2, 0.25) is 0 Å². The standard InChI is InChI=1S/C23H33BN2O4/c1-21(2,3)28-20(27)26-10-8-17(9-11-26)18-12-16(15-25)13-19(14-18)24-29-22(4,5)23(6,7)30-24/h12-14,17H,8-11H2,1-7H3. The van der Waals surface area contributed by atoms with Crippen LogP contribution < -0.4 is 5.46 Å². The van der Waals surface area contributed by atoms with Gasteiger partial charge in [0.2, 0.25) is 0 Å². The van der Waals surface area contributed by atoms with E-state index in [0.29, 0.717) is 18.7 Å². The van der Waals surface area contributed by atoms with Crippen LogP contribution in [0.3, 0.4) is 0 Å². The molecule has 2 aliphatic heterocycles. The summed E-state index contributed by atoms with van der Waals surface area (Å²) in [6.45, 7) is 15.0. The zero-order valence-electron chi connectivity index (χ0n) is 19.2. The van der Waals surface area contributed by atoms with Gasteiger partial charge in [-0.15, -0.1) is 0 Å². The summed E-state index contributed by atoms with van der Waals surface area (Å²) >= 11 is 0. The zero-order chi connectivity index (χ0) is 22.3. The smallest absolute Gasteiger partial charge is 0.444 e. The number of benzene rings is 1. The third-order valence-corrected chi connectivity index (χ3v) is 6.25. The molecule has 0 radical (unpaired) electrons. The van der Waals surface area contributed by atoms with Crippen molar-refractivity contribution in [3.05, 3.63) is 29.3 Å². The molecule has 7 heteroatoms. The molecule has 0 atom stereocenters. The van der Waals surface area contributed by atoms with Crippen molar-refractivity contribution < 1.29 is 18.8 Å². The van der Waals surface area contributed by atoms with Gasteiger partial charge in [0.05, 0.1) is 22.8 Å². The molecule has 162 valence electrons. The molecule has 2 aliphatic rings. The topological polar surface area (TPSA) is 71.8 Å². The van der Waals surface area contributed by atoms with Gasteiger partial charge in [0.15, 0.2) is 0 Å². The average molecular weight is 412 g/mol. The van der Waals surface area contributed by atoms with E-state index in [2.05, 4.69) is 12.1 Å². The van der Waals surface area contributed by atoms with E-state index in [1.54, 1.807) is 4.90 Å². The van der Waals surface area contributed by atoms with Crippen molar-refractivity contribution in [3.63, 3.8) is 0 Å². The predicted molar refractivity (Wildman–Crippen MR) is 117 cm³/mol. The second kappa shape index (κ2) is 7.90. The van der Waals surface area contributed by atoms with Gasteiger partial charge < -0.3 is 18.9 Å². The van der Waals surface area contributed by atoms with E-state index in [1.807, 2.05) is 60.6 Å². The summed E-state index contributed by atoms with van der Waals surface area (Å²) in [4.78, 5) is 14.1. The zero-order valence-corrected chi connectivity index (χ0v) is 19.2. The number of nitrogens with zero attached hydrogens (tertiary/aromatic N) is 2. The third kappa shape index (κ3) is 4.82.